The van der Waals surface area contributed by atoms with E-state index in [0.717, 1.165) is 0 Å². The summed E-state index contributed by atoms with van der Waals surface area (Å²) in [6.45, 7) is 6.51. The monoisotopic (exact) mass is 212 g/mol. The molecule has 1 atom stereocenters. The van der Waals surface area contributed by atoms with Crippen LogP contribution in [0.3, 0.4) is 0 Å². The molecule has 0 aromatic rings. The Labute approximate surface area is 91.8 Å². The lowest BCUT2D eigenvalue weighted by Crippen LogP contribution is -2.51. The third kappa shape index (κ3) is 6.10. The maximum absolute atomic E-state index is 11.5. The number of carbonyl (C=O) groups excluding carboxylic acids is 1. The van der Waals surface area contributed by atoms with E-state index in [2.05, 4.69) is 16.6 Å². The summed E-state index contributed by atoms with van der Waals surface area (Å²) >= 11 is 0. The lowest BCUT2D eigenvalue weighted by atomic mass is 10.1. The summed E-state index contributed by atoms with van der Waals surface area (Å²) < 4.78 is 4.83. The third-order valence-electron chi connectivity index (χ3n) is 1.94. The van der Waals surface area contributed by atoms with E-state index in [0.29, 0.717) is 13.2 Å². The molecule has 0 spiro atoms. The first-order chi connectivity index (χ1) is 6.93. The van der Waals surface area contributed by atoms with Gasteiger partial charge in [-0.3, -0.25) is 10.1 Å². The first-order valence-corrected chi connectivity index (χ1v) is 4.95. The standard InChI is InChI=1S/C11H20N2O2/c1-6-11(3,4)13-9(2)10(14)12-7-8-15-5/h1,9,13H,7-8H2,2-5H3,(H,12,14). The van der Waals surface area contributed by atoms with Crippen LogP contribution in [0.1, 0.15) is 20.8 Å². The van der Waals surface area contributed by atoms with E-state index >= 15 is 0 Å². The number of amides is 1. The van der Waals surface area contributed by atoms with E-state index in [-0.39, 0.29) is 11.9 Å². The Morgan fingerprint density at radius 1 is 1.60 bits per heavy atom. The zero-order chi connectivity index (χ0) is 11.9. The lowest BCUT2D eigenvalue weighted by molar-refractivity contribution is -0.123. The van der Waals surface area contributed by atoms with Crippen LogP contribution >= 0.6 is 0 Å². The molecule has 0 rings (SSSR count). The summed E-state index contributed by atoms with van der Waals surface area (Å²) in [6, 6.07) is -0.312. The van der Waals surface area contributed by atoms with E-state index in [1.807, 2.05) is 13.8 Å². The summed E-state index contributed by atoms with van der Waals surface area (Å²) in [4.78, 5) is 11.5. The summed E-state index contributed by atoms with van der Waals surface area (Å²) in [6.07, 6.45) is 5.31. The molecule has 0 aromatic carbocycles. The number of methoxy groups -OCH3 is 1. The number of rotatable bonds is 6. The molecule has 4 nitrogen and oxygen atoms in total. The van der Waals surface area contributed by atoms with E-state index in [4.69, 9.17) is 11.2 Å². The maximum atomic E-state index is 11.5. The molecule has 0 aliphatic heterocycles. The molecule has 0 radical (unpaired) electrons. The molecule has 0 aliphatic carbocycles. The van der Waals surface area contributed by atoms with Gasteiger partial charge in [-0.05, 0) is 20.8 Å². The van der Waals surface area contributed by atoms with Crippen molar-refractivity contribution >= 4 is 5.91 Å². The SMILES string of the molecule is C#CC(C)(C)NC(C)C(=O)NCCOC. The van der Waals surface area contributed by atoms with Crippen LogP contribution in [-0.4, -0.2) is 37.7 Å². The van der Waals surface area contributed by atoms with Crippen LogP contribution in [-0.2, 0) is 9.53 Å². The van der Waals surface area contributed by atoms with Crippen LogP contribution in [0.25, 0.3) is 0 Å². The van der Waals surface area contributed by atoms with Gasteiger partial charge < -0.3 is 10.1 Å². The topological polar surface area (TPSA) is 50.4 Å². The maximum Gasteiger partial charge on any atom is 0.236 e. The third-order valence-corrected chi connectivity index (χ3v) is 1.94. The number of hydrogen-bond donors (Lipinski definition) is 2. The van der Waals surface area contributed by atoms with Gasteiger partial charge in [0.1, 0.15) is 0 Å². The first kappa shape index (κ1) is 13.9. The second kappa shape index (κ2) is 6.44. The van der Waals surface area contributed by atoms with Crippen LogP contribution in [0.2, 0.25) is 0 Å². The predicted octanol–water partition coefficient (Wildman–Crippen LogP) is 0.139. The fourth-order valence-electron chi connectivity index (χ4n) is 1.08. The van der Waals surface area contributed by atoms with Gasteiger partial charge in [-0.2, -0.15) is 0 Å². The highest BCUT2D eigenvalue weighted by Crippen LogP contribution is 2.00. The molecule has 2 N–H and O–H groups in total. The molecule has 0 fully saturated rings. The summed E-state index contributed by atoms with van der Waals surface area (Å²) in [5, 5.41) is 5.78. The Balaban J connectivity index is 3.95. The van der Waals surface area contributed by atoms with Gasteiger partial charge in [-0.25, -0.2) is 0 Å². The van der Waals surface area contributed by atoms with Gasteiger partial charge in [0.15, 0.2) is 0 Å². The van der Waals surface area contributed by atoms with Crippen LogP contribution in [0.15, 0.2) is 0 Å². The van der Waals surface area contributed by atoms with Crippen molar-refractivity contribution in [1.29, 1.82) is 0 Å². The second-order valence-corrected chi connectivity index (χ2v) is 3.92. The number of hydrogen-bond acceptors (Lipinski definition) is 3. The summed E-state index contributed by atoms with van der Waals surface area (Å²) in [5.41, 5.74) is -0.474. The van der Waals surface area contributed by atoms with Crippen molar-refractivity contribution in [1.82, 2.24) is 10.6 Å². The van der Waals surface area contributed by atoms with Gasteiger partial charge in [0.2, 0.25) is 5.91 Å². The smallest absolute Gasteiger partial charge is 0.236 e. The molecule has 0 aromatic heterocycles. The van der Waals surface area contributed by atoms with Gasteiger partial charge in [-0.1, -0.05) is 5.92 Å². The van der Waals surface area contributed by atoms with Crippen LogP contribution < -0.4 is 10.6 Å². The van der Waals surface area contributed by atoms with Gasteiger partial charge in [-0.15, -0.1) is 6.42 Å². The zero-order valence-corrected chi connectivity index (χ0v) is 9.89. The fraction of sp³-hybridized carbons (Fsp3) is 0.727. The molecule has 15 heavy (non-hydrogen) atoms. The molecule has 1 amide bonds. The molecule has 1 unspecified atom stereocenters. The first-order valence-electron chi connectivity index (χ1n) is 4.95. The number of terminal acetylenes is 1. The van der Waals surface area contributed by atoms with E-state index < -0.39 is 5.54 Å². The highest BCUT2D eigenvalue weighted by atomic mass is 16.5. The van der Waals surface area contributed by atoms with E-state index in [1.165, 1.54) is 0 Å². The van der Waals surface area contributed by atoms with Gasteiger partial charge in [0.25, 0.3) is 0 Å². The van der Waals surface area contributed by atoms with Crippen molar-refractivity contribution in [2.24, 2.45) is 0 Å². The molecule has 0 aliphatic rings. The highest BCUT2D eigenvalue weighted by molar-refractivity contribution is 5.81. The molecule has 0 saturated carbocycles. The Morgan fingerprint density at radius 3 is 2.67 bits per heavy atom. The minimum atomic E-state index is -0.474. The van der Waals surface area contributed by atoms with Gasteiger partial charge in [0, 0.05) is 13.7 Å². The highest BCUT2D eigenvalue weighted by Gasteiger charge is 2.20. The second-order valence-electron chi connectivity index (χ2n) is 3.92. The number of nitrogens with one attached hydrogen (secondary N) is 2. The minimum absolute atomic E-state index is 0.0737. The largest absolute Gasteiger partial charge is 0.383 e. The normalized spacial score (nSPS) is 13.0. The van der Waals surface area contributed by atoms with Crippen molar-refractivity contribution in [2.45, 2.75) is 32.4 Å². The molecule has 4 heteroatoms. The summed E-state index contributed by atoms with van der Waals surface area (Å²) in [7, 11) is 1.59. The quantitative estimate of drug-likeness (QED) is 0.486. The van der Waals surface area contributed by atoms with Crippen molar-refractivity contribution in [2.75, 3.05) is 20.3 Å². The lowest BCUT2D eigenvalue weighted by Gasteiger charge is -2.24. The van der Waals surface area contributed by atoms with Crippen molar-refractivity contribution < 1.29 is 9.53 Å². The number of ether oxygens (including phenoxy) is 1. The average molecular weight is 212 g/mol. The molecule has 86 valence electrons. The van der Waals surface area contributed by atoms with Crippen LogP contribution in [0.4, 0.5) is 0 Å². The minimum Gasteiger partial charge on any atom is -0.383 e. The average Bonchev–Trinajstić information content (AvgIpc) is 2.17. The Kier molecular flexibility index (Phi) is 5.99. The Morgan fingerprint density at radius 2 is 2.20 bits per heavy atom. The fourth-order valence-corrected chi connectivity index (χ4v) is 1.08. The van der Waals surface area contributed by atoms with Crippen molar-refractivity contribution in [3.63, 3.8) is 0 Å². The van der Waals surface area contributed by atoms with E-state index in [9.17, 15) is 4.79 Å². The van der Waals surface area contributed by atoms with Gasteiger partial charge >= 0.3 is 0 Å². The molecular formula is C11H20N2O2. The van der Waals surface area contributed by atoms with Crippen LogP contribution in [0.5, 0.6) is 0 Å². The van der Waals surface area contributed by atoms with Gasteiger partial charge in [0.05, 0.1) is 18.2 Å². The van der Waals surface area contributed by atoms with E-state index in [1.54, 1.807) is 14.0 Å². The molecule has 0 saturated heterocycles. The predicted molar refractivity (Wildman–Crippen MR) is 60.4 cm³/mol. The molecular weight excluding hydrogens is 192 g/mol. The van der Waals surface area contributed by atoms with Crippen molar-refractivity contribution in [3.05, 3.63) is 0 Å². The Hall–Kier alpha value is -1.05. The van der Waals surface area contributed by atoms with Crippen LogP contribution in [0, 0.1) is 12.3 Å². The number of carbonyl (C=O) groups is 1. The summed E-state index contributed by atoms with van der Waals surface area (Å²) in [5.74, 6) is 2.50. The Bertz CT molecular complexity index is 243. The zero-order valence-electron chi connectivity index (χ0n) is 9.89. The molecule has 0 bridgehead atoms. The molecule has 0 heterocycles. The van der Waals surface area contributed by atoms with Crippen molar-refractivity contribution in [3.8, 4) is 12.3 Å².